The zero-order valence-corrected chi connectivity index (χ0v) is 9.63. The second-order valence-corrected chi connectivity index (χ2v) is 4.61. The fraction of sp³-hybridized carbons (Fsp3) is 0.900. The number of hydrogen-bond acceptors (Lipinski definition) is 4. The van der Waals surface area contributed by atoms with Crippen LogP contribution < -0.4 is 11.1 Å². The molecular weight excluding hydrogens is 196 g/mol. The van der Waals surface area contributed by atoms with Crippen LogP contribution in [-0.2, 0) is 14.3 Å². The van der Waals surface area contributed by atoms with Crippen LogP contribution in [0.5, 0.6) is 0 Å². The number of rotatable bonds is 4. The predicted molar refractivity (Wildman–Crippen MR) is 56.5 cm³/mol. The third kappa shape index (κ3) is 3.15. The van der Waals surface area contributed by atoms with Gasteiger partial charge in [0.15, 0.2) is 0 Å². The molecule has 0 bridgehead atoms. The van der Waals surface area contributed by atoms with E-state index in [1.165, 1.54) is 0 Å². The Morgan fingerprint density at radius 2 is 2.33 bits per heavy atom. The summed E-state index contributed by atoms with van der Waals surface area (Å²) < 4.78 is 10.3. The first-order valence-corrected chi connectivity index (χ1v) is 5.10. The predicted octanol–water partition coefficient (Wildman–Crippen LogP) is -0.355. The number of carbonyl (C=O) groups is 1. The Kier molecular flexibility index (Phi) is 3.70. The molecule has 0 aromatic carbocycles. The maximum Gasteiger partial charge on any atom is 0.242 e. The molecule has 0 aliphatic carbocycles. The molecule has 0 aromatic rings. The number of ether oxygens (including phenoxy) is 2. The molecule has 1 aliphatic rings. The Morgan fingerprint density at radius 3 is 2.80 bits per heavy atom. The van der Waals surface area contributed by atoms with Gasteiger partial charge in [0.1, 0.15) is 5.54 Å². The molecular formula is C10H20N2O3. The van der Waals surface area contributed by atoms with Crippen molar-refractivity contribution in [3.05, 3.63) is 0 Å². The summed E-state index contributed by atoms with van der Waals surface area (Å²) in [6, 6.07) is 0. The van der Waals surface area contributed by atoms with Crippen LogP contribution in [0.1, 0.15) is 20.3 Å². The van der Waals surface area contributed by atoms with Crippen molar-refractivity contribution < 1.29 is 14.3 Å². The molecule has 88 valence electrons. The minimum Gasteiger partial charge on any atom is -0.379 e. The molecule has 1 heterocycles. The summed E-state index contributed by atoms with van der Waals surface area (Å²) in [5.74, 6) is -0.162. The highest BCUT2D eigenvalue weighted by Crippen LogP contribution is 2.15. The van der Waals surface area contributed by atoms with Gasteiger partial charge in [0.25, 0.3) is 0 Å². The average Bonchev–Trinajstić information content (AvgIpc) is 2.63. The van der Waals surface area contributed by atoms with E-state index in [2.05, 4.69) is 5.32 Å². The Bertz CT molecular complexity index is 235. The van der Waals surface area contributed by atoms with Gasteiger partial charge in [-0.25, -0.2) is 0 Å². The van der Waals surface area contributed by atoms with Crippen molar-refractivity contribution in [1.29, 1.82) is 0 Å². The van der Waals surface area contributed by atoms with Gasteiger partial charge in [0, 0.05) is 20.3 Å². The molecule has 5 nitrogen and oxygen atoms in total. The summed E-state index contributed by atoms with van der Waals surface area (Å²) in [5, 5.41) is 2.79. The van der Waals surface area contributed by atoms with Crippen LogP contribution in [0.2, 0.25) is 0 Å². The Balaban J connectivity index is 2.42. The van der Waals surface area contributed by atoms with Crippen LogP contribution in [0.15, 0.2) is 0 Å². The molecule has 0 radical (unpaired) electrons. The topological polar surface area (TPSA) is 73.6 Å². The molecule has 1 aliphatic heterocycles. The van der Waals surface area contributed by atoms with Crippen LogP contribution in [0.3, 0.4) is 0 Å². The van der Waals surface area contributed by atoms with Gasteiger partial charge < -0.3 is 20.5 Å². The lowest BCUT2D eigenvalue weighted by Gasteiger charge is -2.26. The van der Waals surface area contributed by atoms with E-state index in [0.717, 1.165) is 0 Å². The van der Waals surface area contributed by atoms with E-state index in [0.29, 0.717) is 26.2 Å². The summed E-state index contributed by atoms with van der Waals surface area (Å²) in [4.78, 5) is 11.8. The lowest BCUT2D eigenvalue weighted by atomic mass is 9.99. The van der Waals surface area contributed by atoms with Gasteiger partial charge in [-0.1, -0.05) is 0 Å². The zero-order chi connectivity index (χ0) is 11.5. The Labute approximate surface area is 90.3 Å². The van der Waals surface area contributed by atoms with E-state index in [4.69, 9.17) is 15.2 Å². The third-order valence-electron chi connectivity index (χ3n) is 2.73. The summed E-state index contributed by atoms with van der Waals surface area (Å²) in [5.41, 5.74) is 4.67. The van der Waals surface area contributed by atoms with Gasteiger partial charge in [0.2, 0.25) is 5.91 Å². The maximum atomic E-state index is 11.8. The van der Waals surface area contributed by atoms with Crippen molar-refractivity contribution in [1.82, 2.24) is 5.32 Å². The lowest BCUT2D eigenvalue weighted by molar-refractivity contribution is -0.127. The first kappa shape index (κ1) is 12.4. The molecule has 1 fully saturated rings. The zero-order valence-electron chi connectivity index (χ0n) is 9.63. The molecule has 0 aromatic heterocycles. The minimum absolute atomic E-state index is 0.162. The van der Waals surface area contributed by atoms with Crippen LogP contribution in [-0.4, -0.2) is 43.9 Å². The minimum atomic E-state index is -0.857. The van der Waals surface area contributed by atoms with Gasteiger partial charge in [-0.2, -0.15) is 0 Å². The molecule has 15 heavy (non-hydrogen) atoms. The molecule has 1 unspecified atom stereocenters. The number of carbonyl (C=O) groups excluding carboxylic acids is 1. The average molecular weight is 216 g/mol. The molecule has 1 amide bonds. The SMILES string of the molecule is COC(C)(C)CNC(=O)C1(N)CCOC1. The molecule has 1 atom stereocenters. The summed E-state index contributed by atoms with van der Waals surface area (Å²) in [6.07, 6.45) is 0.576. The maximum absolute atomic E-state index is 11.8. The standard InChI is InChI=1S/C10H20N2O3/c1-9(2,14-3)6-12-8(13)10(11)4-5-15-7-10/h4-7,11H2,1-3H3,(H,12,13). The second-order valence-electron chi connectivity index (χ2n) is 4.61. The first-order chi connectivity index (χ1) is 6.90. The first-order valence-electron chi connectivity index (χ1n) is 5.10. The highest BCUT2D eigenvalue weighted by atomic mass is 16.5. The summed E-state index contributed by atoms with van der Waals surface area (Å²) in [6.45, 7) is 5.11. The van der Waals surface area contributed by atoms with Crippen LogP contribution in [0.25, 0.3) is 0 Å². The van der Waals surface area contributed by atoms with Gasteiger partial charge >= 0.3 is 0 Å². The number of hydrogen-bond donors (Lipinski definition) is 2. The van der Waals surface area contributed by atoms with Crippen molar-refractivity contribution in [2.45, 2.75) is 31.4 Å². The largest absolute Gasteiger partial charge is 0.379 e. The van der Waals surface area contributed by atoms with E-state index in [9.17, 15) is 4.79 Å². The van der Waals surface area contributed by atoms with Crippen molar-refractivity contribution in [2.24, 2.45) is 5.73 Å². The van der Waals surface area contributed by atoms with Crippen molar-refractivity contribution in [3.8, 4) is 0 Å². The van der Waals surface area contributed by atoms with E-state index in [-0.39, 0.29) is 11.5 Å². The normalized spacial score (nSPS) is 26.7. The van der Waals surface area contributed by atoms with E-state index in [1.807, 2.05) is 13.8 Å². The highest BCUT2D eigenvalue weighted by molar-refractivity contribution is 5.86. The van der Waals surface area contributed by atoms with Crippen LogP contribution in [0.4, 0.5) is 0 Å². The van der Waals surface area contributed by atoms with Gasteiger partial charge in [0.05, 0.1) is 12.2 Å². The number of methoxy groups -OCH3 is 1. The van der Waals surface area contributed by atoms with E-state index in [1.54, 1.807) is 7.11 Å². The second kappa shape index (κ2) is 4.47. The summed E-state index contributed by atoms with van der Waals surface area (Å²) in [7, 11) is 1.61. The smallest absolute Gasteiger partial charge is 0.242 e. The van der Waals surface area contributed by atoms with E-state index >= 15 is 0 Å². The molecule has 1 rings (SSSR count). The lowest BCUT2D eigenvalue weighted by Crippen LogP contribution is -2.56. The number of nitrogens with two attached hydrogens (primary N) is 1. The third-order valence-corrected chi connectivity index (χ3v) is 2.73. The van der Waals surface area contributed by atoms with E-state index < -0.39 is 5.54 Å². The fourth-order valence-corrected chi connectivity index (χ4v) is 1.30. The van der Waals surface area contributed by atoms with Gasteiger partial charge in [-0.3, -0.25) is 4.79 Å². The Morgan fingerprint density at radius 1 is 1.67 bits per heavy atom. The van der Waals surface area contributed by atoms with Crippen molar-refractivity contribution in [3.63, 3.8) is 0 Å². The van der Waals surface area contributed by atoms with Crippen LogP contribution >= 0.6 is 0 Å². The fourth-order valence-electron chi connectivity index (χ4n) is 1.30. The molecule has 0 saturated carbocycles. The number of nitrogens with one attached hydrogen (secondary N) is 1. The monoisotopic (exact) mass is 216 g/mol. The Hall–Kier alpha value is -0.650. The number of amides is 1. The van der Waals surface area contributed by atoms with Crippen molar-refractivity contribution in [2.75, 3.05) is 26.9 Å². The molecule has 0 spiro atoms. The van der Waals surface area contributed by atoms with Gasteiger partial charge in [-0.05, 0) is 20.3 Å². The quantitative estimate of drug-likeness (QED) is 0.673. The van der Waals surface area contributed by atoms with Gasteiger partial charge in [-0.15, -0.1) is 0 Å². The highest BCUT2D eigenvalue weighted by Gasteiger charge is 2.38. The molecule has 1 saturated heterocycles. The van der Waals surface area contributed by atoms with Crippen molar-refractivity contribution >= 4 is 5.91 Å². The molecule has 5 heteroatoms. The molecule has 3 N–H and O–H groups in total. The van der Waals surface area contributed by atoms with Crippen LogP contribution in [0, 0.1) is 0 Å². The summed E-state index contributed by atoms with van der Waals surface area (Å²) >= 11 is 0.